The summed E-state index contributed by atoms with van der Waals surface area (Å²) in [7, 11) is 3.14. The minimum atomic E-state index is -0.951. The zero-order valence-electron chi connectivity index (χ0n) is 11.6. The maximum absolute atomic E-state index is 11.1. The van der Waals surface area contributed by atoms with E-state index in [9.17, 15) is 4.79 Å². The Morgan fingerprint density at radius 3 is 2.40 bits per heavy atom. The quantitative estimate of drug-likeness (QED) is 0.927. The fraction of sp³-hybridized carbons (Fsp3) is 0.188. The third-order valence-electron chi connectivity index (χ3n) is 3.18. The first kappa shape index (κ1) is 13.9. The first-order valence-electron chi connectivity index (χ1n) is 6.13. The molecule has 0 aliphatic carbocycles. The lowest BCUT2D eigenvalue weighted by Gasteiger charge is -2.14. The summed E-state index contributed by atoms with van der Waals surface area (Å²) in [6, 6.07) is 10.6. The van der Waals surface area contributed by atoms with Crippen molar-refractivity contribution in [3.63, 3.8) is 0 Å². The molecule has 0 heterocycles. The summed E-state index contributed by atoms with van der Waals surface area (Å²) >= 11 is 0. The SMILES string of the molecule is COc1cccc(-c2cc(C(=O)O)ccc2C)c1OC. The highest BCUT2D eigenvalue weighted by Gasteiger charge is 2.15. The fourth-order valence-electron chi connectivity index (χ4n) is 2.14. The van der Waals surface area contributed by atoms with Crippen molar-refractivity contribution in [2.24, 2.45) is 0 Å². The van der Waals surface area contributed by atoms with E-state index in [4.69, 9.17) is 14.6 Å². The highest BCUT2D eigenvalue weighted by molar-refractivity contribution is 5.90. The number of carboxylic acids is 1. The molecule has 4 heteroatoms. The molecule has 0 aromatic heterocycles. The lowest BCUT2D eigenvalue weighted by molar-refractivity contribution is 0.0697. The van der Waals surface area contributed by atoms with Crippen LogP contribution in [0, 0.1) is 6.92 Å². The van der Waals surface area contributed by atoms with E-state index in [-0.39, 0.29) is 5.56 Å². The number of carbonyl (C=O) groups is 1. The second-order valence-electron chi connectivity index (χ2n) is 4.38. The number of methoxy groups -OCH3 is 2. The van der Waals surface area contributed by atoms with Crippen LogP contribution in [0.2, 0.25) is 0 Å². The molecular formula is C16H16O4. The summed E-state index contributed by atoms with van der Waals surface area (Å²) in [5, 5.41) is 9.12. The Hall–Kier alpha value is -2.49. The van der Waals surface area contributed by atoms with Gasteiger partial charge in [-0.15, -0.1) is 0 Å². The van der Waals surface area contributed by atoms with Crippen molar-refractivity contribution in [3.8, 4) is 22.6 Å². The summed E-state index contributed by atoms with van der Waals surface area (Å²) in [5.74, 6) is 0.263. The van der Waals surface area contributed by atoms with E-state index in [1.165, 1.54) is 0 Å². The molecule has 0 saturated heterocycles. The Morgan fingerprint density at radius 1 is 1.05 bits per heavy atom. The largest absolute Gasteiger partial charge is 0.493 e. The van der Waals surface area contributed by atoms with E-state index < -0.39 is 5.97 Å². The van der Waals surface area contributed by atoms with Gasteiger partial charge in [0.15, 0.2) is 11.5 Å². The Kier molecular flexibility index (Phi) is 3.94. The molecule has 0 fully saturated rings. The van der Waals surface area contributed by atoms with Crippen LogP contribution in [0.1, 0.15) is 15.9 Å². The van der Waals surface area contributed by atoms with Crippen LogP contribution in [-0.2, 0) is 0 Å². The second kappa shape index (κ2) is 5.65. The molecule has 0 aliphatic rings. The van der Waals surface area contributed by atoms with Crippen molar-refractivity contribution in [1.29, 1.82) is 0 Å². The third kappa shape index (κ3) is 2.45. The van der Waals surface area contributed by atoms with Gasteiger partial charge in [0.25, 0.3) is 0 Å². The molecule has 2 aromatic carbocycles. The molecule has 0 saturated carbocycles. The van der Waals surface area contributed by atoms with Crippen LogP contribution in [0.3, 0.4) is 0 Å². The van der Waals surface area contributed by atoms with Crippen molar-refractivity contribution in [1.82, 2.24) is 0 Å². The fourth-order valence-corrected chi connectivity index (χ4v) is 2.14. The molecule has 0 aliphatic heterocycles. The maximum Gasteiger partial charge on any atom is 0.335 e. The topological polar surface area (TPSA) is 55.8 Å². The Bertz CT molecular complexity index is 647. The van der Waals surface area contributed by atoms with Crippen LogP contribution in [0.5, 0.6) is 11.5 Å². The Balaban J connectivity index is 2.67. The summed E-state index contributed by atoms with van der Waals surface area (Å²) < 4.78 is 10.7. The van der Waals surface area contributed by atoms with Crippen LogP contribution in [0.25, 0.3) is 11.1 Å². The van der Waals surface area contributed by atoms with Crippen molar-refractivity contribution in [3.05, 3.63) is 47.5 Å². The third-order valence-corrected chi connectivity index (χ3v) is 3.18. The molecular weight excluding hydrogens is 256 g/mol. The van der Waals surface area contributed by atoms with E-state index in [2.05, 4.69) is 0 Å². The van der Waals surface area contributed by atoms with Crippen LogP contribution < -0.4 is 9.47 Å². The molecule has 20 heavy (non-hydrogen) atoms. The number of ether oxygens (including phenoxy) is 2. The molecule has 2 rings (SSSR count). The average Bonchev–Trinajstić information content (AvgIpc) is 2.46. The molecule has 2 aromatic rings. The van der Waals surface area contributed by atoms with Crippen molar-refractivity contribution in [2.75, 3.05) is 14.2 Å². The first-order valence-corrected chi connectivity index (χ1v) is 6.13. The molecule has 1 N–H and O–H groups in total. The number of rotatable bonds is 4. The van der Waals surface area contributed by atoms with Crippen molar-refractivity contribution < 1.29 is 19.4 Å². The summed E-state index contributed by atoms with van der Waals surface area (Å²) in [4.78, 5) is 11.1. The lowest BCUT2D eigenvalue weighted by atomic mass is 9.97. The number of hydrogen-bond donors (Lipinski definition) is 1. The molecule has 0 bridgehead atoms. The highest BCUT2D eigenvalue weighted by Crippen LogP contribution is 2.39. The Morgan fingerprint density at radius 2 is 1.80 bits per heavy atom. The van der Waals surface area contributed by atoms with Crippen LogP contribution in [0.4, 0.5) is 0 Å². The minimum absolute atomic E-state index is 0.246. The Labute approximate surface area is 117 Å². The highest BCUT2D eigenvalue weighted by atomic mass is 16.5. The van der Waals surface area contributed by atoms with Gasteiger partial charge < -0.3 is 14.6 Å². The number of aromatic carboxylic acids is 1. The van der Waals surface area contributed by atoms with Gasteiger partial charge in [0.2, 0.25) is 0 Å². The molecule has 0 amide bonds. The van der Waals surface area contributed by atoms with E-state index in [0.717, 1.165) is 16.7 Å². The molecule has 0 spiro atoms. The number of carboxylic acid groups (broad SMARTS) is 1. The van der Waals surface area contributed by atoms with Gasteiger partial charge in [-0.2, -0.15) is 0 Å². The molecule has 0 unspecified atom stereocenters. The molecule has 104 valence electrons. The van der Waals surface area contributed by atoms with E-state index in [1.807, 2.05) is 19.1 Å². The van der Waals surface area contributed by atoms with Gasteiger partial charge in [0, 0.05) is 5.56 Å². The number of benzene rings is 2. The lowest BCUT2D eigenvalue weighted by Crippen LogP contribution is -1.99. The van der Waals surface area contributed by atoms with Crippen LogP contribution in [-0.4, -0.2) is 25.3 Å². The number of para-hydroxylation sites is 1. The smallest absolute Gasteiger partial charge is 0.335 e. The summed E-state index contributed by atoms with van der Waals surface area (Å²) in [6.45, 7) is 1.93. The summed E-state index contributed by atoms with van der Waals surface area (Å²) in [5.41, 5.74) is 2.85. The first-order chi connectivity index (χ1) is 9.58. The zero-order valence-corrected chi connectivity index (χ0v) is 11.6. The van der Waals surface area contributed by atoms with Gasteiger partial charge in [-0.25, -0.2) is 4.79 Å². The predicted octanol–water partition coefficient (Wildman–Crippen LogP) is 3.38. The minimum Gasteiger partial charge on any atom is -0.493 e. The summed E-state index contributed by atoms with van der Waals surface area (Å²) in [6.07, 6.45) is 0. The molecule has 0 radical (unpaired) electrons. The van der Waals surface area contributed by atoms with Crippen molar-refractivity contribution >= 4 is 5.97 Å². The molecule has 0 atom stereocenters. The second-order valence-corrected chi connectivity index (χ2v) is 4.38. The zero-order chi connectivity index (χ0) is 14.7. The average molecular weight is 272 g/mol. The predicted molar refractivity (Wildman–Crippen MR) is 76.7 cm³/mol. The maximum atomic E-state index is 11.1. The normalized spacial score (nSPS) is 10.2. The number of hydrogen-bond acceptors (Lipinski definition) is 3. The molecule has 4 nitrogen and oxygen atoms in total. The van der Waals surface area contributed by atoms with Gasteiger partial charge in [0.05, 0.1) is 19.8 Å². The monoisotopic (exact) mass is 272 g/mol. The van der Waals surface area contributed by atoms with Gasteiger partial charge >= 0.3 is 5.97 Å². The van der Waals surface area contributed by atoms with E-state index in [1.54, 1.807) is 38.5 Å². The van der Waals surface area contributed by atoms with E-state index >= 15 is 0 Å². The standard InChI is InChI=1S/C16H16O4/c1-10-7-8-11(16(17)18)9-13(10)12-5-4-6-14(19-2)15(12)20-3/h4-9H,1-3H3,(H,17,18). The van der Waals surface area contributed by atoms with Gasteiger partial charge in [0.1, 0.15) is 0 Å². The number of aryl methyl sites for hydroxylation is 1. The van der Waals surface area contributed by atoms with E-state index in [0.29, 0.717) is 11.5 Å². The van der Waals surface area contributed by atoms with Crippen molar-refractivity contribution in [2.45, 2.75) is 6.92 Å². The van der Waals surface area contributed by atoms with Crippen LogP contribution >= 0.6 is 0 Å². The van der Waals surface area contributed by atoms with Gasteiger partial charge in [-0.3, -0.25) is 0 Å². The van der Waals surface area contributed by atoms with Gasteiger partial charge in [-0.1, -0.05) is 18.2 Å². The van der Waals surface area contributed by atoms with Crippen LogP contribution in [0.15, 0.2) is 36.4 Å². The van der Waals surface area contributed by atoms with Gasteiger partial charge in [-0.05, 0) is 36.2 Å².